The molecule has 18 heavy (non-hydrogen) atoms. The number of morpholine rings is 1. The Kier molecular flexibility index (Phi) is 4.60. The molecule has 0 aliphatic carbocycles. The molecule has 2 atom stereocenters. The first-order valence-electron chi connectivity index (χ1n) is 6.61. The van der Waals surface area contributed by atoms with E-state index in [0.717, 1.165) is 19.5 Å². The van der Waals surface area contributed by atoms with Crippen LogP contribution < -0.4 is 5.32 Å². The van der Waals surface area contributed by atoms with Crippen molar-refractivity contribution in [3.05, 3.63) is 0 Å². The number of ether oxygens (including phenoxy) is 1. The second-order valence-electron chi connectivity index (χ2n) is 5.08. The van der Waals surface area contributed by atoms with Crippen molar-refractivity contribution in [2.24, 2.45) is 0 Å². The highest BCUT2D eigenvalue weighted by atomic mass is 32.2. The van der Waals surface area contributed by atoms with Crippen molar-refractivity contribution in [2.45, 2.75) is 32.5 Å². The van der Waals surface area contributed by atoms with Crippen LogP contribution in [0.5, 0.6) is 0 Å². The fourth-order valence-electron chi connectivity index (χ4n) is 2.53. The lowest BCUT2D eigenvalue weighted by molar-refractivity contribution is -0.0454. The molecule has 1 N–H and O–H groups in total. The van der Waals surface area contributed by atoms with E-state index in [1.54, 1.807) is 8.61 Å². The van der Waals surface area contributed by atoms with E-state index in [-0.39, 0.29) is 12.2 Å². The van der Waals surface area contributed by atoms with E-state index >= 15 is 0 Å². The minimum atomic E-state index is -3.33. The molecule has 0 bridgehead atoms. The van der Waals surface area contributed by atoms with Gasteiger partial charge in [0.2, 0.25) is 0 Å². The van der Waals surface area contributed by atoms with Gasteiger partial charge in [0.15, 0.2) is 0 Å². The summed E-state index contributed by atoms with van der Waals surface area (Å²) in [6.07, 6.45) is 0.802. The Labute approximate surface area is 109 Å². The average molecular weight is 277 g/mol. The highest BCUT2D eigenvalue weighted by molar-refractivity contribution is 7.86. The third-order valence-corrected chi connectivity index (χ3v) is 5.31. The molecule has 2 aliphatic heterocycles. The van der Waals surface area contributed by atoms with Crippen molar-refractivity contribution in [3.8, 4) is 0 Å². The lowest BCUT2D eigenvalue weighted by atomic mass is 10.3. The van der Waals surface area contributed by atoms with E-state index in [2.05, 4.69) is 5.32 Å². The first kappa shape index (κ1) is 14.2. The molecule has 0 aromatic heterocycles. The summed E-state index contributed by atoms with van der Waals surface area (Å²) in [6.45, 7) is 7.53. The third kappa shape index (κ3) is 3.21. The molecule has 6 nitrogen and oxygen atoms in total. The van der Waals surface area contributed by atoms with Crippen LogP contribution in [0.25, 0.3) is 0 Å². The first-order chi connectivity index (χ1) is 8.50. The van der Waals surface area contributed by atoms with Crippen LogP contribution in [0.3, 0.4) is 0 Å². The number of nitrogens with one attached hydrogen (secondary N) is 1. The molecule has 0 saturated carbocycles. The topological polar surface area (TPSA) is 61.9 Å². The molecule has 7 heteroatoms. The van der Waals surface area contributed by atoms with Crippen LogP contribution in [0.15, 0.2) is 0 Å². The van der Waals surface area contributed by atoms with Crippen LogP contribution in [0.2, 0.25) is 0 Å². The molecule has 2 fully saturated rings. The maximum atomic E-state index is 12.6. The van der Waals surface area contributed by atoms with Gasteiger partial charge < -0.3 is 10.1 Å². The van der Waals surface area contributed by atoms with Crippen LogP contribution in [0, 0.1) is 0 Å². The molecule has 106 valence electrons. The van der Waals surface area contributed by atoms with Gasteiger partial charge in [-0.1, -0.05) is 0 Å². The summed E-state index contributed by atoms with van der Waals surface area (Å²) in [4.78, 5) is 0. The van der Waals surface area contributed by atoms with Crippen LogP contribution in [-0.4, -0.2) is 68.5 Å². The smallest absolute Gasteiger partial charge is 0.282 e. The van der Waals surface area contributed by atoms with Crippen molar-refractivity contribution in [1.29, 1.82) is 0 Å². The summed E-state index contributed by atoms with van der Waals surface area (Å²) in [5.41, 5.74) is 0. The molecular weight excluding hydrogens is 254 g/mol. The van der Waals surface area contributed by atoms with Gasteiger partial charge >= 0.3 is 0 Å². The lowest BCUT2D eigenvalue weighted by Gasteiger charge is -2.37. The minimum absolute atomic E-state index is 0.0337. The summed E-state index contributed by atoms with van der Waals surface area (Å²) >= 11 is 0. The molecule has 0 radical (unpaired) electrons. The van der Waals surface area contributed by atoms with Gasteiger partial charge in [0.05, 0.1) is 12.2 Å². The fourth-order valence-corrected chi connectivity index (χ4v) is 4.34. The predicted molar refractivity (Wildman–Crippen MR) is 69.6 cm³/mol. The van der Waals surface area contributed by atoms with Crippen molar-refractivity contribution in [3.63, 3.8) is 0 Å². The summed E-state index contributed by atoms with van der Waals surface area (Å²) < 4.78 is 33.9. The highest BCUT2D eigenvalue weighted by Gasteiger charge is 2.35. The largest absolute Gasteiger partial charge is 0.373 e. The van der Waals surface area contributed by atoms with Gasteiger partial charge in [0, 0.05) is 32.7 Å². The quantitative estimate of drug-likeness (QED) is 0.748. The Balaban J connectivity index is 2.08. The summed E-state index contributed by atoms with van der Waals surface area (Å²) in [6, 6.07) is 0. The van der Waals surface area contributed by atoms with Gasteiger partial charge in [-0.2, -0.15) is 17.0 Å². The molecule has 0 aromatic carbocycles. The molecule has 0 aromatic rings. The summed E-state index contributed by atoms with van der Waals surface area (Å²) in [5, 5.41) is 3.22. The zero-order valence-corrected chi connectivity index (χ0v) is 11.9. The van der Waals surface area contributed by atoms with E-state index in [0.29, 0.717) is 26.2 Å². The van der Waals surface area contributed by atoms with E-state index < -0.39 is 10.2 Å². The first-order valence-corrected chi connectivity index (χ1v) is 8.01. The molecule has 2 rings (SSSR count). The van der Waals surface area contributed by atoms with E-state index in [4.69, 9.17) is 4.74 Å². The zero-order valence-electron chi connectivity index (χ0n) is 11.1. The molecule has 2 saturated heterocycles. The number of nitrogens with zero attached hydrogens (tertiary/aromatic N) is 2. The van der Waals surface area contributed by atoms with E-state index in [1.165, 1.54) is 0 Å². The average Bonchev–Trinajstić information content (AvgIpc) is 2.56. The van der Waals surface area contributed by atoms with Crippen molar-refractivity contribution < 1.29 is 13.2 Å². The van der Waals surface area contributed by atoms with Crippen molar-refractivity contribution in [1.82, 2.24) is 13.9 Å². The Morgan fingerprint density at radius 1 is 1.06 bits per heavy atom. The Morgan fingerprint density at radius 2 is 1.72 bits per heavy atom. The molecule has 2 aliphatic rings. The summed E-state index contributed by atoms with van der Waals surface area (Å²) in [7, 11) is -3.33. The maximum Gasteiger partial charge on any atom is 0.282 e. The second kappa shape index (κ2) is 5.83. The van der Waals surface area contributed by atoms with Gasteiger partial charge in [-0.05, 0) is 26.8 Å². The van der Waals surface area contributed by atoms with Crippen LogP contribution in [0.1, 0.15) is 20.3 Å². The van der Waals surface area contributed by atoms with Crippen LogP contribution >= 0.6 is 0 Å². The molecule has 2 heterocycles. The monoisotopic (exact) mass is 277 g/mol. The lowest BCUT2D eigenvalue weighted by Crippen LogP contribution is -2.53. The van der Waals surface area contributed by atoms with E-state index in [9.17, 15) is 8.42 Å². The number of rotatable bonds is 2. The second-order valence-corrected chi connectivity index (χ2v) is 7.01. The maximum absolute atomic E-state index is 12.6. The Hall–Kier alpha value is -0.210. The van der Waals surface area contributed by atoms with Gasteiger partial charge in [0.1, 0.15) is 0 Å². The zero-order chi connectivity index (χ0) is 13.2. The van der Waals surface area contributed by atoms with Gasteiger partial charge in [-0.3, -0.25) is 0 Å². The van der Waals surface area contributed by atoms with Crippen LogP contribution in [0.4, 0.5) is 0 Å². The molecule has 0 amide bonds. The Bertz CT molecular complexity index is 356. The number of hydrogen-bond acceptors (Lipinski definition) is 4. The predicted octanol–water partition coefficient (Wildman–Crippen LogP) is -0.364. The van der Waals surface area contributed by atoms with Crippen molar-refractivity contribution in [2.75, 3.05) is 39.3 Å². The normalized spacial score (nSPS) is 33.2. The SMILES string of the molecule is C[C@@H]1CN(S(=O)(=O)N2CCCNCC2)C[C@H](C)O1. The fraction of sp³-hybridized carbons (Fsp3) is 1.00. The van der Waals surface area contributed by atoms with Gasteiger partial charge in [-0.15, -0.1) is 0 Å². The van der Waals surface area contributed by atoms with Crippen molar-refractivity contribution >= 4 is 10.2 Å². The Morgan fingerprint density at radius 3 is 2.39 bits per heavy atom. The summed E-state index contributed by atoms with van der Waals surface area (Å²) in [5.74, 6) is 0. The third-order valence-electron chi connectivity index (χ3n) is 3.34. The van der Waals surface area contributed by atoms with E-state index in [1.807, 2.05) is 13.8 Å². The molecular formula is C11H23N3O3S. The molecule has 0 unspecified atom stereocenters. The standard InChI is InChI=1S/C11H23N3O3S/c1-10-8-14(9-11(2)17-10)18(15,16)13-6-3-4-12-5-7-13/h10-12H,3-9H2,1-2H3/t10-,11+. The minimum Gasteiger partial charge on any atom is -0.373 e. The highest BCUT2D eigenvalue weighted by Crippen LogP contribution is 2.17. The molecule has 0 spiro atoms. The number of hydrogen-bond donors (Lipinski definition) is 1. The van der Waals surface area contributed by atoms with Crippen LogP contribution in [-0.2, 0) is 14.9 Å². The van der Waals surface area contributed by atoms with Gasteiger partial charge in [-0.25, -0.2) is 0 Å². The van der Waals surface area contributed by atoms with Gasteiger partial charge in [0.25, 0.3) is 10.2 Å².